The molecule has 0 fully saturated rings. The van der Waals surface area contributed by atoms with Gasteiger partial charge in [0.2, 0.25) is 0 Å². The van der Waals surface area contributed by atoms with Crippen molar-refractivity contribution in [2.75, 3.05) is 0 Å². The summed E-state index contributed by atoms with van der Waals surface area (Å²) in [6, 6.07) is 31.9. The monoisotopic (exact) mass is 390 g/mol. The highest BCUT2D eigenvalue weighted by atomic mass is 31.2. The molecule has 0 saturated heterocycles. The van der Waals surface area contributed by atoms with Gasteiger partial charge in [0.15, 0.2) is 5.60 Å². The van der Waals surface area contributed by atoms with E-state index in [0.29, 0.717) is 16.7 Å². The Morgan fingerprint density at radius 2 is 1.11 bits per heavy atom. The first-order valence-electron chi connectivity index (χ1n) is 8.86. The van der Waals surface area contributed by atoms with Crippen LogP contribution >= 0.6 is 7.82 Å². The Balaban J connectivity index is 2.07. The van der Waals surface area contributed by atoms with Crippen LogP contribution in [-0.4, -0.2) is 9.79 Å². The highest BCUT2D eigenvalue weighted by molar-refractivity contribution is 7.46. The zero-order valence-corrected chi connectivity index (χ0v) is 15.9. The number of fused-ring (bicyclic) bond motifs is 1. The molecule has 0 unspecified atom stereocenters. The number of phosphoric ester groups is 1. The van der Waals surface area contributed by atoms with E-state index in [1.54, 1.807) is 0 Å². The van der Waals surface area contributed by atoms with Gasteiger partial charge in [-0.3, -0.25) is 4.52 Å². The Morgan fingerprint density at radius 1 is 0.607 bits per heavy atom. The Morgan fingerprint density at radius 3 is 1.64 bits per heavy atom. The van der Waals surface area contributed by atoms with E-state index in [4.69, 9.17) is 4.52 Å². The molecule has 0 spiro atoms. The third-order valence-electron chi connectivity index (χ3n) is 4.77. The maximum atomic E-state index is 12.1. The third kappa shape index (κ3) is 3.51. The number of benzene rings is 4. The van der Waals surface area contributed by atoms with Crippen LogP contribution in [0.4, 0.5) is 0 Å². The topological polar surface area (TPSA) is 66.8 Å². The average Bonchev–Trinajstić information content (AvgIpc) is 2.72. The van der Waals surface area contributed by atoms with Gasteiger partial charge < -0.3 is 9.79 Å². The van der Waals surface area contributed by atoms with Gasteiger partial charge in [-0.25, -0.2) is 4.57 Å². The van der Waals surface area contributed by atoms with Gasteiger partial charge in [-0.1, -0.05) is 97.1 Å². The van der Waals surface area contributed by atoms with Crippen LogP contribution in [0.15, 0.2) is 103 Å². The van der Waals surface area contributed by atoms with Crippen LogP contribution in [0, 0.1) is 0 Å². The third-order valence-corrected chi connectivity index (χ3v) is 5.28. The minimum absolute atomic E-state index is 0.639. The number of phosphoric acid groups is 1. The smallest absolute Gasteiger partial charge is 0.303 e. The van der Waals surface area contributed by atoms with E-state index in [1.165, 1.54) is 0 Å². The van der Waals surface area contributed by atoms with Crippen LogP contribution in [0.5, 0.6) is 0 Å². The van der Waals surface area contributed by atoms with Crippen LogP contribution in [0.1, 0.15) is 16.7 Å². The molecule has 0 bridgehead atoms. The lowest BCUT2D eigenvalue weighted by Gasteiger charge is -2.35. The highest BCUT2D eigenvalue weighted by Crippen LogP contribution is 2.52. The van der Waals surface area contributed by atoms with Gasteiger partial charge in [0.25, 0.3) is 0 Å². The first kappa shape index (κ1) is 18.6. The zero-order valence-electron chi connectivity index (χ0n) is 15.0. The Bertz CT molecular complexity index is 1100. The van der Waals surface area contributed by atoms with Crippen LogP contribution in [-0.2, 0) is 14.7 Å². The minimum atomic E-state index is -4.84. The largest absolute Gasteiger partial charge is 0.471 e. The van der Waals surface area contributed by atoms with E-state index in [1.807, 2.05) is 103 Å². The van der Waals surface area contributed by atoms with Gasteiger partial charge in [0, 0.05) is 0 Å². The van der Waals surface area contributed by atoms with Crippen LogP contribution < -0.4 is 0 Å². The van der Waals surface area contributed by atoms with Crippen molar-refractivity contribution >= 4 is 18.6 Å². The fraction of sp³-hybridized carbons (Fsp3) is 0.0435. The Hall–Kier alpha value is -2.75. The predicted octanol–water partition coefficient (Wildman–Crippen LogP) is 5.24. The van der Waals surface area contributed by atoms with Crippen LogP contribution in [0.25, 0.3) is 10.8 Å². The standard InChI is InChI=1S/C23H19O4P/c24-28(25,26)27-23(20-11-3-1-4-12-20,21-13-5-2-6-14-21)22-16-15-18-9-7-8-10-19(18)17-22/h1-17H,(H2,24,25,26). The molecule has 0 atom stereocenters. The van der Waals surface area contributed by atoms with Gasteiger partial charge in [-0.15, -0.1) is 0 Å². The van der Waals surface area contributed by atoms with E-state index in [0.717, 1.165) is 10.8 Å². The molecule has 5 heteroatoms. The molecule has 4 aromatic carbocycles. The van der Waals surface area contributed by atoms with Crippen LogP contribution in [0.3, 0.4) is 0 Å². The molecule has 4 aromatic rings. The van der Waals surface area contributed by atoms with E-state index < -0.39 is 13.4 Å². The highest BCUT2D eigenvalue weighted by Gasteiger charge is 2.43. The normalized spacial score (nSPS) is 12.2. The fourth-order valence-electron chi connectivity index (χ4n) is 3.59. The minimum Gasteiger partial charge on any atom is -0.303 e. The summed E-state index contributed by atoms with van der Waals surface area (Å²) in [7, 11) is -4.84. The number of hydrogen-bond acceptors (Lipinski definition) is 2. The molecule has 0 radical (unpaired) electrons. The van der Waals surface area contributed by atoms with Crippen molar-refractivity contribution in [3.05, 3.63) is 120 Å². The second-order valence-electron chi connectivity index (χ2n) is 6.56. The summed E-state index contributed by atoms with van der Waals surface area (Å²) in [5.41, 5.74) is 0.470. The fourth-order valence-corrected chi connectivity index (χ4v) is 4.26. The second kappa shape index (κ2) is 7.34. The number of rotatable bonds is 5. The molecule has 4 rings (SSSR count). The molecule has 0 aromatic heterocycles. The first-order valence-corrected chi connectivity index (χ1v) is 10.4. The lowest BCUT2D eigenvalue weighted by Crippen LogP contribution is -2.31. The molecule has 0 heterocycles. The second-order valence-corrected chi connectivity index (χ2v) is 7.72. The van der Waals surface area contributed by atoms with Crippen molar-refractivity contribution < 1.29 is 18.9 Å². The summed E-state index contributed by atoms with van der Waals surface area (Å²) >= 11 is 0. The van der Waals surface area contributed by atoms with Gasteiger partial charge >= 0.3 is 7.82 Å². The van der Waals surface area contributed by atoms with E-state index in [2.05, 4.69) is 0 Å². The van der Waals surface area contributed by atoms with Crippen molar-refractivity contribution in [3.8, 4) is 0 Å². The molecule has 0 saturated carbocycles. The van der Waals surface area contributed by atoms with Gasteiger partial charge in [0.05, 0.1) is 0 Å². The van der Waals surface area contributed by atoms with Crippen molar-refractivity contribution in [1.29, 1.82) is 0 Å². The summed E-state index contributed by atoms with van der Waals surface area (Å²) in [6.07, 6.45) is 0. The van der Waals surface area contributed by atoms with Gasteiger partial charge in [-0.2, -0.15) is 0 Å². The van der Waals surface area contributed by atoms with Crippen molar-refractivity contribution in [2.45, 2.75) is 5.60 Å². The van der Waals surface area contributed by atoms with E-state index >= 15 is 0 Å². The average molecular weight is 390 g/mol. The quantitative estimate of drug-likeness (QED) is 0.361. The Labute approximate surface area is 163 Å². The summed E-state index contributed by atoms with van der Waals surface area (Å²) in [5, 5.41) is 2.00. The lowest BCUT2D eigenvalue weighted by atomic mass is 9.80. The van der Waals surface area contributed by atoms with Gasteiger partial charge in [-0.05, 0) is 33.5 Å². The maximum absolute atomic E-state index is 12.1. The van der Waals surface area contributed by atoms with Crippen molar-refractivity contribution in [1.82, 2.24) is 0 Å². The maximum Gasteiger partial charge on any atom is 0.471 e. The molecular weight excluding hydrogens is 371 g/mol. The van der Waals surface area contributed by atoms with Gasteiger partial charge in [0.1, 0.15) is 0 Å². The molecule has 4 nitrogen and oxygen atoms in total. The summed E-state index contributed by atoms with van der Waals surface area (Å²) in [4.78, 5) is 19.7. The molecular formula is C23H19O4P. The predicted molar refractivity (Wildman–Crippen MR) is 110 cm³/mol. The molecule has 0 aliphatic carbocycles. The van der Waals surface area contributed by atoms with Crippen molar-refractivity contribution in [2.24, 2.45) is 0 Å². The molecule has 140 valence electrons. The molecule has 28 heavy (non-hydrogen) atoms. The molecule has 0 amide bonds. The summed E-state index contributed by atoms with van der Waals surface area (Å²) < 4.78 is 17.7. The first-order chi connectivity index (χ1) is 13.5. The SMILES string of the molecule is O=P(O)(O)OC(c1ccccc1)(c1ccccc1)c1ccc2ccccc2c1. The van der Waals surface area contributed by atoms with Crippen LogP contribution in [0.2, 0.25) is 0 Å². The molecule has 0 aliphatic heterocycles. The Kier molecular flexibility index (Phi) is 4.88. The molecule has 0 aliphatic rings. The lowest BCUT2D eigenvalue weighted by molar-refractivity contribution is 0.0977. The molecule has 2 N–H and O–H groups in total. The van der Waals surface area contributed by atoms with E-state index in [9.17, 15) is 14.4 Å². The van der Waals surface area contributed by atoms with E-state index in [-0.39, 0.29) is 0 Å². The van der Waals surface area contributed by atoms with Crippen molar-refractivity contribution in [3.63, 3.8) is 0 Å². The summed E-state index contributed by atoms with van der Waals surface area (Å²) in [6.45, 7) is 0. The zero-order chi connectivity index (χ0) is 19.6. The summed E-state index contributed by atoms with van der Waals surface area (Å²) in [5.74, 6) is 0. The number of hydrogen-bond donors (Lipinski definition) is 2.